The molecule has 21 heavy (non-hydrogen) atoms. The molecule has 0 aliphatic rings. The quantitative estimate of drug-likeness (QED) is 0.856. The van der Waals surface area contributed by atoms with Crippen molar-refractivity contribution in [2.45, 2.75) is 6.54 Å². The van der Waals surface area contributed by atoms with Crippen LogP contribution in [0.5, 0.6) is 5.88 Å². The zero-order valence-corrected chi connectivity index (χ0v) is 12.3. The van der Waals surface area contributed by atoms with E-state index in [0.29, 0.717) is 12.4 Å². The van der Waals surface area contributed by atoms with Gasteiger partial charge in [-0.2, -0.15) is 4.98 Å². The minimum Gasteiger partial charge on any atom is -0.479 e. The first-order chi connectivity index (χ1) is 10.2. The second kappa shape index (κ2) is 6.90. The number of nitrogens with zero attached hydrogens (tertiary/aromatic N) is 2. The summed E-state index contributed by atoms with van der Waals surface area (Å²) < 4.78 is 9.65. The van der Waals surface area contributed by atoms with Crippen LogP contribution < -0.4 is 10.1 Å². The number of methoxy groups -OCH3 is 2. The summed E-state index contributed by atoms with van der Waals surface area (Å²) in [5.74, 6) is -0.261. The fourth-order valence-electron chi connectivity index (χ4n) is 1.67. The van der Waals surface area contributed by atoms with Crippen molar-refractivity contribution in [2.75, 3.05) is 19.5 Å². The number of carbonyl (C=O) groups excluding carboxylic acids is 1. The second-order valence-corrected chi connectivity index (χ2v) is 4.41. The molecule has 6 nitrogen and oxygen atoms in total. The minimum absolute atomic E-state index is 0.0572. The second-order valence-electron chi connectivity index (χ2n) is 4.05. The summed E-state index contributed by atoms with van der Waals surface area (Å²) in [6, 6.07) is 9.74. The fourth-order valence-corrected chi connectivity index (χ4v) is 1.86. The largest absolute Gasteiger partial charge is 0.479 e. The summed E-state index contributed by atoms with van der Waals surface area (Å²) in [6.45, 7) is 0.524. The Bertz CT molecular complexity index is 635. The van der Waals surface area contributed by atoms with Crippen molar-refractivity contribution >= 4 is 23.4 Å². The predicted molar refractivity (Wildman–Crippen MR) is 78.7 cm³/mol. The number of hydrogen-bond acceptors (Lipinski definition) is 6. The number of rotatable bonds is 5. The van der Waals surface area contributed by atoms with E-state index in [1.807, 2.05) is 30.3 Å². The fraction of sp³-hybridized carbons (Fsp3) is 0.214. The molecule has 0 radical (unpaired) electrons. The maximum absolute atomic E-state index is 11.6. The Morgan fingerprint density at radius 3 is 2.57 bits per heavy atom. The normalized spacial score (nSPS) is 10.0. The van der Waals surface area contributed by atoms with E-state index in [2.05, 4.69) is 20.0 Å². The molecular weight excluding hydrogens is 294 g/mol. The summed E-state index contributed by atoms with van der Waals surface area (Å²) in [5.41, 5.74) is 1.00. The Kier molecular flexibility index (Phi) is 4.94. The van der Waals surface area contributed by atoms with Crippen LogP contribution in [0.25, 0.3) is 0 Å². The van der Waals surface area contributed by atoms with E-state index in [-0.39, 0.29) is 16.7 Å². The zero-order chi connectivity index (χ0) is 15.2. The highest BCUT2D eigenvalue weighted by atomic mass is 35.5. The summed E-state index contributed by atoms with van der Waals surface area (Å²) in [5, 5.41) is 3.13. The third-order valence-corrected chi connectivity index (χ3v) is 2.96. The number of esters is 1. The van der Waals surface area contributed by atoms with Crippen molar-refractivity contribution in [3.8, 4) is 5.88 Å². The smallest absolute Gasteiger partial charge is 0.362 e. The molecule has 0 unspecified atom stereocenters. The SMILES string of the molecule is COC(=O)c1nc(Cl)c(NCc2ccccc2)nc1OC. The monoisotopic (exact) mass is 307 g/mol. The number of benzene rings is 1. The van der Waals surface area contributed by atoms with Crippen molar-refractivity contribution in [3.63, 3.8) is 0 Å². The molecule has 0 amide bonds. The van der Waals surface area contributed by atoms with Gasteiger partial charge in [-0.15, -0.1) is 0 Å². The van der Waals surface area contributed by atoms with Gasteiger partial charge >= 0.3 is 5.97 Å². The van der Waals surface area contributed by atoms with Crippen molar-refractivity contribution in [2.24, 2.45) is 0 Å². The van der Waals surface area contributed by atoms with Gasteiger partial charge in [-0.1, -0.05) is 41.9 Å². The van der Waals surface area contributed by atoms with Crippen LogP contribution in [-0.2, 0) is 11.3 Å². The molecule has 0 bridgehead atoms. The number of nitrogens with one attached hydrogen (secondary N) is 1. The predicted octanol–water partition coefficient (Wildman–Crippen LogP) is 2.54. The highest BCUT2D eigenvalue weighted by Gasteiger charge is 2.19. The number of hydrogen-bond donors (Lipinski definition) is 1. The topological polar surface area (TPSA) is 73.3 Å². The lowest BCUT2D eigenvalue weighted by Gasteiger charge is -2.11. The average molecular weight is 308 g/mol. The van der Waals surface area contributed by atoms with Crippen LogP contribution in [-0.4, -0.2) is 30.2 Å². The maximum atomic E-state index is 11.6. The van der Waals surface area contributed by atoms with Gasteiger partial charge in [0.2, 0.25) is 11.6 Å². The Morgan fingerprint density at radius 1 is 1.24 bits per heavy atom. The Balaban J connectivity index is 2.22. The molecule has 0 fully saturated rings. The van der Waals surface area contributed by atoms with Gasteiger partial charge in [0.25, 0.3) is 0 Å². The molecule has 0 saturated carbocycles. The lowest BCUT2D eigenvalue weighted by molar-refractivity contribution is 0.0589. The van der Waals surface area contributed by atoms with E-state index < -0.39 is 5.97 Å². The molecule has 2 rings (SSSR count). The number of carbonyl (C=O) groups is 1. The van der Waals surface area contributed by atoms with E-state index in [1.165, 1.54) is 14.2 Å². The van der Waals surface area contributed by atoms with Gasteiger partial charge < -0.3 is 14.8 Å². The molecule has 7 heteroatoms. The first-order valence-electron chi connectivity index (χ1n) is 6.13. The van der Waals surface area contributed by atoms with Gasteiger partial charge in [-0.25, -0.2) is 9.78 Å². The first kappa shape index (κ1) is 15.1. The third kappa shape index (κ3) is 3.61. The van der Waals surface area contributed by atoms with Crippen LogP contribution in [0, 0.1) is 0 Å². The van der Waals surface area contributed by atoms with Crippen molar-refractivity contribution in [1.82, 2.24) is 9.97 Å². The number of halogens is 1. The van der Waals surface area contributed by atoms with Crippen LogP contribution in [0.2, 0.25) is 5.15 Å². The van der Waals surface area contributed by atoms with Crippen LogP contribution >= 0.6 is 11.6 Å². The molecule has 1 aromatic carbocycles. The van der Waals surface area contributed by atoms with Crippen LogP contribution in [0.3, 0.4) is 0 Å². The third-order valence-electron chi connectivity index (χ3n) is 2.70. The molecule has 110 valence electrons. The number of ether oxygens (including phenoxy) is 2. The van der Waals surface area contributed by atoms with Gasteiger partial charge in [0.05, 0.1) is 14.2 Å². The number of aromatic nitrogens is 2. The summed E-state index contributed by atoms with van der Waals surface area (Å²) in [4.78, 5) is 19.7. The lowest BCUT2D eigenvalue weighted by atomic mass is 10.2. The minimum atomic E-state index is -0.657. The highest BCUT2D eigenvalue weighted by molar-refractivity contribution is 6.31. The van der Waals surface area contributed by atoms with Crippen LogP contribution in [0.1, 0.15) is 16.1 Å². The molecule has 0 atom stereocenters. The van der Waals surface area contributed by atoms with E-state index >= 15 is 0 Å². The summed E-state index contributed by atoms with van der Waals surface area (Å²) in [7, 11) is 2.64. The molecular formula is C14H14ClN3O3. The van der Waals surface area contributed by atoms with Gasteiger partial charge in [0.1, 0.15) is 0 Å². The van der Waals surface area contributed by atoms with Crippen molar-refractivity contribution in [1.29, 1.82) is 0 Å². The molecule has 0 aliphatic carbocycles. The van der Waals surface area contributed by atoms with Crippen LogP contribution in [0.15, 0.2) is 30.3 Å². The molecule has 0 spiro atoms. The zero-order valence-electron chi connectivity index (χ0n) is 11.6. The first-order valence-corrected chi connectivity index (χ1v) is 6.51. The average Bonchev–Trinajstić information content (AvgIpc) is 2.53. The molecule has 0 saturated heterocycles. The Morgan fingerprint density at radius 2 is 1.95 bits per heavy atom. The van der Waals surface area contributed by atoms with Gasteiger partial charge in [0, 0.05) is 6.54 Å². The highest BCUT2D eigenvalue weighted by Crippen LogP contribution is 2.24. The summed E-state index contributed by atoms with van der Waals surface area (Å²) >= 11 is 6.03. The van der Waals surface area contributed by atoms with E-state index in [1.54, 1.807) is 0 Å². The van der Waals surface area contributed by atoms with Crippen molar-refractivity contribution in [3.05, 3.63) is 46.7 Å². The van der Waals surface area contributed by atoms with Gasteiger partial charge in [-0.3, -0.25) is 0 Å². The Hall–Kier alpha value is -2.34. The molecule has 1 N–H and O–H groups in total. The molecule has 0 aliphatic heterocycles. The Labute approximate surface area is 127 Å². The summed E-state index contributed by atoms with van der Waals surface area (Å²) in [6.07, 6.45) is 0. The van der Waals surface area contributed by atoms with Crippen molar-refractivity contribution < 1.29 is 14.3 Å². The molecule has 1 aromatic heterocycles. The molecule has 2 aromatic rings. The van der Waals surface area contributed by atoms with E-state index in [0.717, 1.165) is 5.56 Å². The van der Waals surface area contributed by atoms with Gasteiger partial charge in [0.15, 0.2) is 11.0 Å². The standard InChI is InChI=1S/C14H14ClN3O3/c1-20-13-10(14(19)21-2)17-11(15)12(18-13)16-8-9-6-4-3-5-7-9/h3-7H,8H2,1-2H3,(H,16,18). The van der Waals surface area contributed by atoms with Crippen LogP contribution in [0.4, 0.5) is 5.82 Å². The van der Waals surface area contributed by atoms with E-state index in [4.69, 9.17) is 16.3 Å². The maximum Gasteiger partial charge on any atom is 0.362 e. The van der Waals surface area contributed by atoms with Gasteiger partial charge in [-0.05, 0) is 5.56 Å². The number of anilines is 1. The lowest BCUT2D eigenvalue weighted by Crippen LogP contribution is -2.11. The van der Waals surface area contributed by atoms with E-state index in [9.17, 15) is 4.79 Å². The molecule has 1 heterocycles.